The number of carbonyl (C=O) groups is 1. The molecule has 0 saturated carbocycles. The summed E-state index contributed by atoms with van der Waals surface area (Å²) >= 11 is 0. The first-order valence-corrected chi connectivity index (χ1v) is 3.82. The second-order valence-electron chi connectivity index (χ2n) is 2.52. The third-order valence-electron chi connectivity index (χ3n) is 1.63. The quantitative estimate of drug-likeness (QED) is 0.418. The standard InChI is InChI=1S/C8H11N3O3/c1-14-11-5-2-3-7(10-9)6(4-5)8(12)13/h2-4,10-11H,9H2,1H3,(H,12,13). The van der Waals surface area contributed by atoms with Gasteiger partial charge in [0.1, 0.15) is 0 Å². The van der Waals surface area contributed by atoms with Crippen LogP contribution in [0.3, 0.4) is 0 Å². The molecular formula is C8H11N3O3. The van der Waals surface area contributed by atoms with E-state index >= 15 is 0 Å². The maximum Gasteiger partial charge on any atom is 0.337 e. The van der Waals surface area contributed by atoms with Crippen molar-refractivity contribution in [3.05, 3.63) is 23.8 Å². The van der Waals surface area contributed by atoms with Gasteiger partial charge in [-0.05, 0) is 18.2 Å². The minimum Gasteiger partial charge on any atom is -0.478 e. The van der Waals surface area contributed by atoms with Crippen LogP contribution in [0.5, 0.6) is 0 Å². The van der Waals surface area contributed by atoms with E-state index in [4.69, 9.17) is 10.9 Å². The van der Waals surface area contributed by atoms with Gasteiger partial charge < -0.3 is 10.5 Å². The lowest BCUT2D eigenvalue weighted by atomic mass is 10.1. The van der Waals surface area contributed by atoms with Gasteiger partial charge in [0, 0.05) is 0 Å². The molecule has 1 aromatic carbocycles. The van der Waals surface area contributed by atoms with Gasteiger partial charge in [0.25, 0.3) is 0 Å². The Morgan fingerprint density at radius 2 is 2.29 bits per heavy atom. The van der Waals surface area contributed by atoms with Crippen LogP contribution in [-0.4, -0.2) is 18.2 Å². The van der Waals surface area contributed by atoms with Crippen LogP contribution >= 0.6 is 0 Å². The lowest BCUT2D eigenvalue weighted by molar-refractivity contribution is 0.0698. The topological polar surface area (TPSA) is 96.6 Å². The summed E-state index contributed by atoms with van der Waals surface area (Å²) in [5, 5.41) is 8.83. The van der Waals surface area contributed by atoms with Gasteiger partial charge >= 0.3 is 5.97 Å². The third kappa shape index (κ3) is 2.12. The number of carboxylic acid groups (broad SMARTS) is 1. The molecule has 0 aromatic heterocycles. The number of nitrogen functional groups attached to an aromatic ring is 1. The summed E-state index contributed by atoms with van der Waals surface area (Å²) in [6.07, 6.45) is 0. The average Bonchev–Trinajstić information content (AvgIpc) is 2.18. The summed E-state index contributed by atoms with van der Waals surface area (Å²) in [6, 6.07) is 4.61. The highest BCUT2D eigenvalue weighted by Gasteiger charge is 2.09. The minimum absolute atomic E-state index is 0.0783. The van der Waals surface area contributed by atoms with Crippen molar-refractivity contribution in [2.75, 3.05) is 18.0 Å². The lowest BCUT2D eigenvalue weighted by Crippen LogP contribution is -2.12. The summed E-state index contributed by atoms with van der Waals surface area (Å²) in [6.45, 7) is 0. The molecule has 0 unspecified atom stereocenters. The average molecular weight is 197 g/mol. The van der Waals surface area contributed by atoms with Crippen LogP contribution < -0.4 is 16.7 Å². The molecule has 76 valence electrons. The van der Waals surface area contributed by atoms with E-state index in [9.17, 15) is 4.79 Å². The number of rotatable bonds is 4. The molecule has 0 radical (unpaired) electrons. The Bertz CT molecular complexity index is 341. The number of nitrogens with two attached hydrogens (primary N) is 1. The Balaban J connectivity index is 3.07. The number of hydrogen-bond acceptors (Lipinski definition) is 5. The SMILES string of the molecule is CONc1ccc(NN)c(C(=O)O)c1. The first-order chi connectivity index (χ1) is 6.69. The second kappa shape index (κ2) is 4.45. The molecule has 1 aromatic rings. The maximum absolute atomic E-state index is 10.8. The van der Waals surface area contributed by atoms with Crippen LogP contribution in [0, 0.1) is 0 Å². The first-order valence-electron chi connectivity index (χ1n) is 3.82. The molecule has 0 heterocycles. The molecule has 0 saturated heterocycles. The molecule has 0 aliphatic rings. The van der Waals surface area contributed by atoms with Gasteiger partial charge in [-0.1, -0.05) is 0 Å². The van der Waals surface area contributed by atoms with Crippen LogP contribution in [0.4, 0.5) is 11.4 Å². The van der Waals surface area contributed by atoms with Gasteiger partial charge in [-0.2, -0.15) is 0 Å². The largest absolute Gasteiger partial charge is 0.478 e. The fraction of sp³-hybridized carbons (Fsp3) is 0.125. The molecule has 0 bridgehead atoms. The van der Waals surface area contributed by atoms with Crippen molar-refractivity contribution < 1.29 is 14.7 Å². The fourth-order valence-corrected chi connectivity index (χ4v) is 1.03. The van der Waals surface area contributed by atoms with E-state index in [0.29, 0.717) is 11.4 Å². The number of aromatic carboxylic acids is 1. The molecule has 0 aliphatic heterocycles. The van der Waals surface area contributed by atoms with Gasteiger partial charge in [-0.3, -0.25) is 16.2 Å². The molecule has 5 N–H and O–H groups in total. The summed E-state index contributed by atoms with van der Waals surface area (Å²) in [4.78, 5) is 15.4. The van der Waals surface area contributed by atoms with Crippen molar-refractivity contribution in [2.24, 2.45) is 5.84 Å². The molecule has 0 amide bonds. The smallest absolute Gasteiger partial charge is 0.337 e. The molecule has 6 nitrogen and oxygen atoms in total. The zero-order valence-corrected chi connectivity index (χ0v) is 7.57. The van der Waals surface area contributed by atoms with Crippen LogP contribution in [0.1, 0.15) is 10.4 Å². The van der Waals surface area contributed by atoms with E-state index in [1.165, 1.54) is 13.2 Å². The van der Waals surface area contributed by atoms with Crippen molar-refractivity contribution in [2.45, 2.75) is 0 Å². The van der Waals surface area contributed by atoms with Gasteiger partial charge in [-0.25, -0.2) is 4.79 Å². The minimum atomic E-state index is -1.06. The van der Waals surface area contributed by atoms with E-state index in [1.807, 2.05) is 0 Å². The number of benzene rings is 1. The zero-order valence-electron chi connectivity index (χ0n) is 7.57. The van der Waals surface area contributed by atoms with Crippen LogP contribution in [-0.2, 0) is 4.84 Å². The van der Waals surface area contributed by atoms with E-state index in [0.717, 1.165) is 0 Å². The maximum atomic E-state index is 10.8. The summed E-state index contributed by atoms with van der Waals surface area (Å²) in [5.74, 6) is 4.09. The molecule has 0 atom stereocenters. The van der Waals surface area contributed by atoms with Gasteiger partial charge in [0.15, 0.2) is 0 Å². The number of anilines is 2. The van der Waals surface area contributed by atoms with E-state index in [-0.39, 0.29) is 5.56 Å². The van der Waals surface area contributed by atoms with Crippen molar-refractivity contribution in [3.63, 3.8) is 0 Å². The van der Waals surface area contributed by atoms with Gasteiger partial charge in [-0.15, -0.1) is 0 Å². The summed E-state index contributed by atoms with van der Waals surface area (Å²) in [5.41, 5.74) is 5.79. The van der Waals surface area contributed by atoms with Crippen molar-refractivity contribution >= 4 is 17.3 Å². The van der Waals surface area contributed by atoms with Gasteiger partial charge in [0.2, 0.25) is 0 Å². The predicted octanol–water partition coefficient (Wildman–Crippen LogP) is 0.644. The molecule has 6 heteroatoms. The Labute approximate surface area is 80.6 Å². The van der Waals surface area contributed by atoms with Crippen molar-refractivity contribution in [3.8, 4) is 0 Å². The first kappa shape index (κ1) is 10.3. The molecule has 0 fully saturated rings. The highest BCUT2D eigenvalue weighted by molar-refractivity contribution is 5.95. The zero-order chi connectivity index (χ0) is 10.6. The highest BCUT2D eigenvalue weighted by atomic mass is 16.6. The van der Waals surface area contributed by atoms with Crippen molar-refractivity contribution in [1.29, 1.82) is 0 Å². The Kier molecular flexibility index (Phi) is 3.27. The van der Waals surface area contributed by atoms with E-state index in [2.05, 4.69) is 15.7 Å². The summed E-state index contributed by atoms with van der Waals surface area (Å²) < 4.78 is 0. The van der Waals surface area contributed by atoms with Gasteiger partial charge in [0.05, 0.1) is 24.0 Å². The molecule has 0 aliphatic carbocycles. The van der Waals surface area contributed by atoms with Crippen LogP contribution in [0.25, 0.3) is 0 Å². The monoisotopic (exact) mass is 197 g/mol. The van der Waals surface area contributed by atoms with E-state index < -0.39 is 5.97 Å². The number of hydrogen-bond donors (Lipinski definition) is 4. The molecule has 1 rings (SSSR count). The van der Waals surface area contributed by atoms with Crippen molar-refractivity contribution in [1.82, 2.24) is 0 Å². The second-order valence-corrected chi connectivity index (χ2v) is 2.52. The Hall–Kier alpha value is -1.79. The summed E-state index contributed by atoms with van der Waals surface area (Å²) in [7, 11) is 1.44. The number of nitrogens with one attached hydrogen (secondary N) is 2. The fourth-order valence-electron chi connectivity index (χ4n) is 1.03. The normalized spacial score (nSPS) is 9.57. The number of hydrazine groups is 1. The lowest BCUT2D eigenvalue weighted by Gasteiger charge is -2.08. The third-order valence-corrected chi connectivity index (χ3v) is 1.63. The predicted molar refractivity (Wildman–Crippen MR) is 51.8 cm³/mol. The highest BCUT2D eigenvalue weighted by Crippen LogP contribution is 2.19. The Morgan fingerprint density at radius 1 is 1.57 bits per heavy atom. The Morgan fingerprint density at radius 3 is 2.79 bits per heavy atom. The molecular weight excluding hydrogens is 186 g/mol. The van der Waals surface area contributed by atoms with E-state index in [1.54, 1.807) is 12.1 Å². The number of carboxylic acids is 1. The van der Waals surface area contributed by atoms with Crippen LogP contribution in [0.15, 0.2) is 18.2 Å². The van der Waals surface area contributed by atoms with Crippen LogP contribution in [0.2, 0.25) is 0 Å². The molecule has 0 spiro atoms. The molecule has 14 heavy (non-hydrogen) atoms.